The van der Waals surface area contributed by atoms with Crippen molar-refractivity contribution in [1.29, 1.82) is 0 Å². The van der Waals surface area contributed by atoms with Crippen LogP contribution in [0.15, 0.2) is 41.1 Å². The lowest BCUT2D eigenvalue weighted by molar-refractivity contribution is 0.628. The number of halogens is 2. The zero-order valence-electron chi connectivity index (χ0n) is 8.67. The van der Waals surface area contributed by atoms with Crippen molar-refractivity contribution in [3.63, 3.8) is 0 Å². The average molecular weight is 281 g/mol. The van der Waals surface area contributed by atoms with E-state index in [0.29, 0.717) is 0 Å². The summed E-state index contributed by atoms with van der Waals surface area (Å²) in [5, 5.41) is 3.12. The predicted molar refractivity (Wildman–Crippen MR) is 66.4 cm³/mol. The summed E-state index contributed by atoms with van der Waals surface area (Å²) in [4.78, 5) is 4.03. The molecule has 1 N–H and O–H groups in total. The highest BCUT2D eigenvalue weighted by atomic mass is 79.9. The van der Waals surface area contributed by atoms with Gasteiger partial charge in [-0.3, -0.25) is 4.98 Å². The minimum Gasteiger partial charge on any atom is -0.354 e. The van der Waals surface area contributed by atoms with Crippen LogP contribution < -0.4 is 5.32 Å². The highest BCUT2D eigenvalue weighted by Crippen LogP contribution is 2.22. The van der Waals surface area contributed by atoms with Crippen LogP contribution in [-0.4, -0.2) is 4.98 Å². The topological polar surface area (TPSA) is 24.9 Å². The highest BCUT2D eigenvalue weighted by Gasteiger charge is 2.01. The van der Waals surface area contributed by atoms with Gasteiger partial charge < -0.3 is 5.32 Å². The molecular formula is C12H10BrFN2. The van der Waals surface area contributed by atoms with E-state index in [2.05, 4.69) is 26.2 Å². The fourth-order valence-electron chi connectivity index (χ4n) is 1.36. The summed E-state index contributed by atoms with van der Waals surface area (Å²) in [6.07, 6.45) is 3.39. The minimum atomic E-state index is -0.254. The van der Waals surface area contributed by atoms with Gasteiger partial charge in [0, 0.05) is 16.4 Å². The Labute approximate surface area is 102 Å². The van der Waals surface area contributed by atoms with Crippen molar-refractivity contribution in [3.05, 3.63) is 52.5 Å². The molecule has 0 aliphatic carbocycles. The first-order valence-electron chi connectivity index (χ1n) is 4.79. The lowest BCUT2D eigenvalue weighted by atomic mass is 10.2. The minimum absolute atomic E-state index is 0.254. The number of hydrogen-bond donors (Lipinski definition) is 1. The summed E-state index contributed by atoms with van der Waals surface area (Å²) in [5.41, 5.74) is 2.56. The van der Waals surface area contributed by atoms with E-state index in [1.165, 1.54) is 12.1 Å². The van der Waals surface area contributed by atoms with Gasteiger partial charge in [0.15, 0.2) is 0 Å². The molecule has 2 rings (SSSR count). The number of nitrogens with zero attached hydrogens (tertiary/aromatic N) is 1. The third-order valence-corrected chi connectivity index (χ3v) is 2.62. The standard InChI is InChI=1S/C12H10BrFN2/c1-8-2-3-10(14)5-12(8)16-11-4-9(13)6-15-7-11/h2-7,16H,1H3. The molecule has 0 saturated heterocycles. The van der Waals surface area contributed by atoms with Crippen molar-refractivity contribution in [2.75, 3.05) is 5.32 Å². The highest BCUT2D eigenvalue weighted by molar-refractivity contribution is 9.10. The van der Waals surface area contributed by atoms with Crippen LogP contribution in [0, 0.1) is 12.7 Å². The second-order valence-corrected chi connectivity index (χ2v) is 4.39. The van der Waals surface area contributed by atoms with Crippen LogP contribution in [0.5, 0.6) is 0 Å². The fraction of sp³-hybridized carbons (Fsp3) is 0.0833. The Morgan fingerprint density at radius 1 is 1.25 bits per heavy atom. The maximum atomic E-state index is 13.1. The van der Waals surface area contributed by atoms with Gasteiger partial charge in [-0.05, 0) is 46.6 Å². The van der Waals surface area contributed by atoms with Gasteiger partial charge in [0.05, 0.1) is 11.9 Å². The molecule has 0 aliphatic rings. The first kappa shape index (κ1) is 11.1. The first-order chi connectivity index (χ1) is 7.65. The Bertz CT molecular complexity index is 514. The molecule has 0 bridgehead atoms. The zero-order chi connectivity index (χ0) is 11.5. The number of pyridine rings is 1. The molecule has 2 nitrogen and oxygen atoms in total. The van der Waals surface area contributed by atoms with Gasteiger partial charge in [0.1, 0.15) is 5.82 Å². The van der Waals surface area contributed by atoms with Crippen LogP contribution in [0.4, 0.5) is 15.8 Å². The SMILES string of the molecule is Cc1ccc(F)cc1Nc1cncc(Br)c1. The van der Waals surface area contributed by atoms with Crippen LogP contribution in [-0.2, 0) is 0 Å². The molecule has 1 heterocycles. The molecule has 1 aromatic carbocycles. The van der Waals surface area contributed by atoms with Crippen molar-refractivity contribution in [2.24, 2.45) is 0 Å². The molecular weight excluding hydrogens is 271 g/mol. The number of aromatic nitrogens is 1. The van der Waals surface area contributed by atoms with Gasteiger partial charge in [0.2, 0.25) is 0 Å². The summed E-state index contributed by atoms with van der Waals surface area (Å²) in [6.45, 7) is 1.92. The molecule has 82 valence electrons. The van der Waals surface area contributed by atoms with Crippen molar-refractivity contribution in [2.45, 2.75) is 6.92 Å². The maximum Gasteiger partial charge on any atom is 0.125 e. The monoisotopic (exact) mass is 280 g/mol. The molecule has 0 spiro atoms. The second kappa shape index (κ2) is 4.61. The molecule has 0 aliphatic heterocycles. The van der Waals surface area contributed by atoms with E-state index in [1.807, 2.05) is 13.0 Å². The predicted octanol–water partition coefficient (Wildman–Crippen LogP) is 4.04. The first-order valence-corrected chi connectivity index (χ1v) is 5.58. The quantitative estimate of drug-likeness (QED) is 0.898. The largest absolute Gasteiger partial charge is 0.354 e. The van der Waals surface area contributed by atoms with E-state index in [1.54, 1.807) is 18.5 Å². The Hall–Kier alpha value is -1.42. The van der Waals surface area contributed by atoms with E-state index >= 15 is 0 Å². The van der Waals surface area contributed by atoms with Gasteiger partial charge in [0.25, 0.3) is 0 Å². The van der Waals surface area contributed by atoms with E-state index in [-0.39, 0.29) is 5.82 Å². The Kier molecular flexibility index (Phi) is 3.19. The summed E-state index contributed by atoms with van der Waals surface area (Å²) in [7, 11) is 0. The van der Waals surface area contributed by atoms with Crippen molar-refractivity contribution in [1.82, 2.24) is 4.98 Å². The summed E-state index contributed by atoms with van der Waals surface area (Å²) in [5.74, 6) is -0.254. The number of rotatable bonds is 2. The Balaban J connectivity index is 2.30. The molecule has 0 radical (unpaired) electrons. The van der Waals surface area contributed by atoms with E-state index in [9.17, 15) is 4.39 Å². The molecule has 4 heteroatoms. The Morgan fingerprint density at radius 2 is 2.06 bits per heavy atom. The van der Waals surface area contributed by atoms with Gasteiger partial charge >= 0.3 is 0 Å². The lowest BCUT2D eigenvalue weighted by Gasteiger charge is -2.09. The van der Waals surface area contributed by atoms with Crippen LogP contribution >= 0.6 is 15.9 Å². The Morgan fingerprint density at radius 3 is 2.81 bits per heavy atom. The van der Waals surface area contributed by atoms with Crippen molar-refractivity contribution < 1.29 is 4.39 Å². The molecule has 2 aromatic rings. The third kappa shape index (κ3) is 2.58. The van der Waals surface area contributed by atoms with Crippen LogP contribution in [0.1, 0.15) is 5.56 Å². The van der Waals surface area contributed by atoms with Crippen molar-refractivity contribution >= 4 is 27.3 Å². The summed E-state index contributed by atoms with van der Waals surface area (Å²) < 4.78 is 13.9. The molecule has 16 heavy (non-hydrogen) atoms. The molecule has 0 saturated carbocycles. The van der Waals surface area contributed by atoms with Crippen LogP contribution in [0.25, 0.3) is 0 Å². The van der Waals surface area contributed by atoms with Gasteiger partial charge in [-0.25, -0.2) is 4.39 Å². The normalized spacial score (nSPS) is 10.2. The second-order valence-electron chi connectivity index (χ2n) is 3.48. The molecule has 0 fully saturated rings. The number of hydrogen-bond acceptors (Lipinski definition) is 2. The van der Waals surface area contributed by atoms with E-state index < -0.39 is 0 Å². The average Bonchev–Trinajstić information content (AvgIpc) is 2.24. The molecule has 0 atom stereocenters. The lowest BCUT2D eigenvalue weighted by Crippen LogP contribution is -1.94. The summed E-state index contributed by atoms with van der Waals surface area (Å²) >= 11 is 3.33. The van der Waals surface area contributed by atoms with Crippen molar-refractivity contribution in [3.8, 4) is 0 Å². The van der Waals surface area contributed by atoms with Gasteiger partial charge in [-0.1, -0.05) is 6.07 Å². The number of benzene rings is 1. The van der Waals surface area contributed by atoms with Gasteiger partial charge in [-0.2, -0.15) is 0 Å². The van der Waals surface area contributed by atoms with Gasteiger partial charge in [-0.15, -0.1) is 0 Å². The maximum absolute atomic E-state index is 13.1. The summed E-state index contributed by atoms with van der Waals surface area (Å²) in [6, 6.07) is 6.54. The number of anilines is 2. The molecule has 0 amide bonds. The fourth-order valence-corrected chi connectivity index (χ4v) is 1.73. The van der Waals surface area contributed by atoms with Crippen LogP contribution in [0.3, 0.4) is 0 Å². The van der Waals surface area contributed by atoms with E-state index in [0.717, 1.165) is 21.4 Å². The zero-order valence-corrected chi connectivity index (χ0v) is 10.3. The number of nitrogens with one attached hydrogen (secondary N) is 1. The molecule has 0 unspecified atom stereocenters. The smallest absolute Gasteiger partial charge is 0.125 e. The van der Waals surface area contributed by atoms with E-state index in [4.69, 9.17) is 0 Å². The van der Waals surface area contributed by atoms with Crippen LogP contribution in [0.2, 0.25) is 0 Å². The molecule has 1 aromatic heterocycles. The third-order valence-electron chi connectivity index (χ3n) is 2.18. The number of aryl methyl sites for hydroxylation is 1.